The van der Waals surface area contributed by atoms with Crippen LogP contribution in [0.25, 0.3) is 0 Å². The van der Waals surface area contributed by atoms with Crippen LogP contribution in [0.3, 0.4) is 0 Å². The average molecular weight is 234 g/mol. The normalized spacial score (nSPS) is 23.1. The lowest BCUT2D eigenvalue weighted by Gasteiger charge is -2.36. The molecule has 0 saturated heterocycles. The van der Waals surface area contributed by atoms with Crippen LogP contribution < -0.4 is 15.4 Å². The Kier molecular flexibility index (Phi) is 3.57. The van der Waals surface area contributed by atoms with Crippen LogP contribution in [0, 0.1) is 12.8 Å². The maximum atomic E-state index is 5.82. The van der Waals surface area contributed by atoms with Gasteiger partial charge in [0.25, 0.3) is 0 Å². The summed E-state index contributed by atoms with van der Waals surface area (Å²) in [6.45, 7) is 3.17. The van der Waals surface area contributed by atoms with Gasteiger partial charge in [-0.25, -0.2) is 0 Å². The van der Waals surface area contributed by atoms with Crippen LogP contribution in [0.1, 0.15) is 18.4 Å². The van der Waals surface area contributed by atoms with E-state index < -0.39 is 0 Å². The van der Waals surface area contributed by atoms with Crippen LogP contribution in [-0.2, 0) is 0 Å². The van der Waals surface area contributed by atoms with Crippen LogP contribution in [0.2, 0.25) is 0 Å². The summed E-state index contributed by atoms with van der Waals surface area (Å²) in [6, 6.07) is 6.72. The third-order valence-corrected chi connectivity index (χ3v) is 3.55. The molecule has 1 aromatic rings. The Bertz CT molecular complexity index is 386. The monoisotopic (exact) mass is 234 g/mol. The maximum Gasteiger partial charge on any atom is 0.142 e. The summed E-state index contributed by atoms with van der Waals surface area (Å²) >= 11 is 0. The van der Waals surface area contributed by atoms with Crippen molar-refractivity contribution in [2.45, 2.75) is 25.8 Å². The van der Waals surface area contributed by atoms with Crippen LogP contribution in [0.4, 0.5) is 5.69 Å². The van der Waals surface area contributed by atoms with Gasteiger partial charge in [0.05, 0.1) is 12.8 Å². The Balaban J connectivity index is 2.06. The molecular formula is C14H22N2O. The van der Waals surface area contributed by atoms with Gasteiger partial charge >= 0.3 is 0 Å². The predicted octanol–water partition coefficient (Wildman–Crippen LogP) is 2.18. The summed E-state index contributed by atoms with van der Waals surface area (Å²) in [5, 5.41) is 0. The number of hydrogen-bond donors (Lipinski definition) is 1. The Morgan fingerprint density at radius 3 is 2.71 bits per heavy atom. The van der Waals surface area contributed by atoms with E-state index in [0.717, 1.165) is 31.1 Å². The Hall–Kier alpha value is -1.22. The van der Waals surface area contributed by atoms with Crippen LogP contribution in [0.15, 0.2) is 18.2 Å². The lowest BCUT2D eigenvalue weighted by Crippen LogP contribution is -2.42. The second-order valence-corrected chi connectivity index (χ2v) is 5.15. The molecule has 1 aliphatic carbocycles. The SMILES string of the molecule is COc1ccc(C)cc1N(C)CC1CC(N)C1. The molecule has 3 nitrogen and oxygen atoms in total. The number of methoxy groups -OCH3 is 1. The quantitative estimate of drug-likeness (QED) is 0.867. The van der Waals surface area contributed by atoms with Gasteiger partial charge in [-0.2, -0.15) is 0 Å². The molecule has 94 valence electrons. The zero-order chi connectivity index (χ0) is 12.4. The molecule has 0 heterocycles. The number of ether oxygens (including phenoxy) is 1. The minimum absolute atomic E-state index is 0.424. The van der Waals surface area contributed by atoms with E-state index in [-0.39, 0.29) is 0 Å². The van der Waals surface area contributed by atoms with E-state index in [1.165, 1.54) is 11.3 Å². The molecule has 0 aromatic heterocycles. The van der Waals surface area contributed by atoms with Gasteiger partial charge in [-0.05, 0) is 43.4 Å². The molecule has 3 heteroatoms. The molecule has 2 N–H and O–H groups in total. The van der Waals surface area contributed by atoms with E-state index in [1.807, 2.05) is 6.07 Å². The highest BCUT2D eigenvalue weighted by Gasteiger charge is 2.27. The van der Waals surface area contributed by atoms with Gasteiger partial charge in [0, 0.05) is 19.6 Å². The molecule has 1 fully saturated rings. The topological polar surface area (TPSA) is 38.5 Å². The molecule has 0 atom stereocenters. The van der Waals surface area contributed by atoms with Crippen molar-refractivity contribution in [3.05, 3.63) is 23.8 Å². The molecule has 0 unspecified atom stereocenters. The zero-order valence-corrected chi connectivity index (χ0v) is 10.9. The molecule has 0 bridgehead atoms. The predicted molar refractivity (Wildman–Crippen MR) is 71.7 cm³/mol. The first-order valence-corrected chi connectivity index (χ1v) is 6.21. The molecule has 17 heavy (non-hydrogen) atoms. The van der Waals surface area contributed by atoms with Crippen molar-refractivity contribution in [2.75, 3.05) is 25.6 Å². The van der Waals surface area contributed by atoms with E-state index in [4.69, 9.17) is 10.5 Å². The third-order valence-electron chi connectivity index (χ3n) is 3.55. The second kappa shape index (κ2) is 4.96. The number of rotatable bonds is 4. The van der Waals surface area contributed by atoms with Crippen LogP contribution in [0.5, 0.6) is 5.75 Å². The second-order valence-electron chi connectivity index (χ2n) is 5.15. The van der Waals surface area contributed by atoms with E-state index in [9.17, 15) is 0 Å². The number of aryl methyl sites for hydroxylation is 1. The van der Waals surface area contributed by atoms with Crippen molar-refractivity contribution in [2.24, 2.45) is 11.7 Å². The van der Waals surface area contributed by atoms with Gasteiger partial charge < -0.3 is 15.4 Å². The summed E-state index contributed by atoms with van der Waals surface area (Å²) in [5.41, 5.74) is 8.26. The first-order valence-electron chi connectivity index (χ1n) is 6.21. The summed E-state index contributed by atoms with van der Waals surface area (Å²) in [7, 11) is 3.85. The summed E-state index contributed by atoms with van der Waals surface area (Å²) < 4.78 is 5.41. The molecule has 1 aliphatic rings. The van der Waals surface area contributed by atoms with Gasteiger partial charge in [-0.15, -0.1) is 0 Å². The van der Waals surface area contributed by atoms with Crippen molar-refractivity contribution in [3.8, 4) is 5.75 Å². The smallest absolute Gasteiger partial charge is 0.142 e. The van der Waals surface area contributed by atoms with E-state index in [1.54, 1.807) is 7.11 Å². The van der Waals surface area contributed by atoms with Crippen molar-refractivity contribution >= 4 is 5.69 Å². The first-order chi connectivity index (χ1) is 8.10. The number of nitrogens with two attached hydrogens (primary N) is 1. The molecule has 2 rings (SSSR count). The molecule has 0 radical (unpaired) electrons. The molecular weight excluding hydrogens is 212 g/mol. The fraction of sp³-hybridized carbons (Fsp3) is 0.571. The number of hydrogen-bond acceptors (Lipinski definition) is 3. The summed E-state index contributed by atoms with van der Waals surface area (Å²) in [4.78, 5) is 2.28. The fourth-order valence-corrected chi connectivity index (χ4v) is 2.52. The average Bonchev–Trinajstić information content (AvgIpc) is 2.27. The number of anilines is 1. The van der Waals surface area contributed by atoms with Crippen molar-refractivity contribution in [1.82, 2.24) is 0 Å². The summed E-state index contributed by atoms with van der Waals surface area (Å²) in [6.07, 6.45) is 2.30. The molecule has 1 saturated carbocycles. The minimum Gasteiger partial charge on any atom is -0.495 e. The van der Waals surface area contributed by atoms with Gasteiger partial charge in [0.1, 0.15) is 5.75 Å². The fourth-order valence-electron chi connectivity index (χ4n) is 2.52. The molecule has 0 amide bonds. The van der Waals surface area contributed by atoms with Crippen LogP contribution >= 0.6 is 0 Å². The largest absolute Gasteiger partial charge is 0.495 e. The van der Waals surface area contributed by atoms with Crippen molar-refractivity contribution in [1.29, 1.82) is 0 Å². The zero-order valence-electron chi connectivity index (χ0n) is 10.9. The Morgan fingerprint density at radius 2 is 2.12 bits per heavy atom. The van der Waals surface area contributed by atoms with Gasteiger partial charge in [0.2, 0.25) is 0 Å². The highest BCUT2D eigenvalue weighted by atomic mass is 16.5. The summed E-state index contributed by atoms with van der Waals surface area (Å²) in [5.74, 6) is 1.68. The highest BCUT2D eigenvalue weighted by Crippen LogP contribution is 2.32. The highest BCUT2D eigenvalue weighted by molar-refractivity contribution is 5.59. The third kappa shape index (κ3) is 2.72. The van der Waals surface area contributed by atoms with Gasteiger partial charge in [-0.1, -0.05) is 6.07 Å². The van der Waals surface area contributed by atoms with E-state index in [2.05, 4.69) is 31.0 Å². The standard InChI is InChI=1S/C14H22N2O/c1-10-4-5-14(17-3)13(6-10)16(2)9-11-7-12(15)8-11/h4-6,11-12H,7-9,15H2,1-3H3. The number of nitrogens with zero attached hydrogens (tertiary/aromatic N) is 1. The van der Waals surface area contributed by atoms with E-state index in [0.29, 0.717) is 6.04 Å². The maximum absolute atomic E-state index is 5.82. The first kappa shape index (κ1) is 12.2. The Morgan fingerprint density at radius 1 is 1.41 bits per heavy atom. The molecule has 1 aromatic carbocycles. The Labute approximate surface area is 104 Å². The van der Waals surface area contributed by atoms with Crippen molar-refractivity contribution < 1.29 is 4.74 Å². The lowest BCUT2D eigenvalue weighted by molar-refractivity contribution is 0.270. The van der Waals surface area contributed by atoms with Gasteiger partial charge in [-0.3, -0.25) is 0 Å². The van der Waals surface area contributed by atoms with Gasteiger partial charge in [0.15, 0.2) is 0 Å². The van der Waals surface area contributed by atoms with Crippen molar-refractivity contribution in [3.63, 3.8) is 0 Å². The lowest BCUT2D eigenvalue weighted by atomic mass is 9.80. The minimum atomic E-state index is 0.424. The number of benzene rings is 1. The molecule has 0 aliphatic heterocycles. The molecule has 0 spiro atoms. The van der Waals surface area contributed by atoms with Crippen LogP contribution in [-0.4, -0.2) is 26.7 Å². The van der Waals surface area contributed by atoms with E-state index >= 15 is 0 Å².